The third kappa shape index (κ3) is 5.16. The van der Waals surface area contributed by atoms with Gasteiger partial charge >= 0.3 is 0 Å². The minimum atomic E-state index is -0.277. The summed E-state index contributed by atoms with van der Waals surface area (Å²) in [6.07, 6.45) is 4.67. The SMILES string of the molecule is C=CCN(CC)C(C(=O)Nc1ccc(I)cc1)C1=CCOCC1. The molecule has 0 radical (unpaired) electrons. The molecule has 1 N–H and O–H groups in total. The lowest BCUT2D eigenvalue weighted by molar-refractivity contribution is -0.120. The highest BCUT2D eigenvalue weighted by Gasteiger charge is 2.28. The van der Waals surface area contributed by atoms with Crippen LogP contribution in [-0.2, 0) is 9.53 Å². The van der Waals surface area contributed by atoms with Crippen LogP contribution < -0.4 is 5.32 Å². The Morgan fingerprint density at radius 1 is 1.48 bits per heavy atom. The zero-order valence-corrected chi connectivity index (χ0v) is 15.6. The van der Waals surface area contributed by atoms with Crippen molar-refractivity contribution in [3.63, 3.8) is 0 Å². The van der Waals surface area contributed by atoms with Gasteiger partial charge in [-0.15, -0.1) is 6.58 Å². The van der Waals surface area contributed by atoms with Gasteiger partial charge in [0, 0.05) is 15.8 Å². The molecule has 124 valence electrons. The van der Waals surface area contributed by atoms with E-state index in [0.29, 0.717) is 19.8 Å². The molecule has 5 heteroatoms. The van der Waals surface area contributed by atoms with E-state index in [1.165, 1.54) is 0 Å². The number of rotatable bonds is 7. The van der Waals surface area contributed by atoms with E-state index in [1.807, 2.05) is 36.4 Å². The smallest absolute Gasteiger partial charge is 0.246 e. The fraction of sp³-hybridized carbons (Fsp3) is 0.389. The Kier molecular flexibility index (Phi) is 7.26. The minimum Gasteiger partial charge on any atom is -0.377 e. The van der Waals surface area contributed by atoms with E-state index < -0.39 is 0 Å². The van der Waals surface area contributed by atoms with Crippen molar-refractivity contribution in [2.75, 3.05) is 31.6 Å². The number of nitrogens with zero attached hydrogens (tertiary/aromatic N) is 1. The first kappa shape index (κ1) is 18.2. The van der Waals surface area contributed by atoms with Gasteiger partial charge in [-0.05, 0) is 65.4 Å². The highest BCUT2D eigenvalue weighted by atomic mass is 127. The Bertz CT molecular complexity index is 569. The number of ether oxygens (including phenoxy) is 1. The number of anilines is 1. The summed E-state index contributed by atoms with van der Waals surface area (Å²) in [7, 11) is 0. The van der Waals surface area contributed by atoms with Crippen LogP contribution in [0.3, 0.4) is 0 Å². The van der Waals surface area contributed by atoms with E-state index in [0.717, 1.165) is 27.8 Å². The van der Waals surface area contributed by atoms with Gasteiger partial charge in [0.25, 0.3) is 0 Å². The van der Waals surface area contributed by atoms with E-state index in [4.69, 9.17) is 4.74 Å². The summed E-state index contributed by atoms with van der Waals surface area (Å²) in [6.45, 7) is 8.59. The van der Waals surface area contributed by atoms with Gasteiger partial charge in [0.15, 0.2) is 0 Å². The van der Waals surface area contributed by atoms with Crippen molar-refractivity contribution in [2.45, 2.75) is 19.4 Å². The summed E-state index contributed by atoms with van der Waals surface area (Å²) in [5, 5.41) is 3.04. The van der Waals surface area contributed by atoms with Crippen molar-refractivity contribution in [2.24, 2.45) is 0 Å². The van der Waals surface area contributed by atoms with Gasteiger partial charge in [-0.3, -0.25) is 9.69 Å². The first-order valence-corrected chi connectivity index (χ1v) is 8.91. The molecule has 0 bridgehead atoms. The van der Waals surface area contributed by atoms with Gasteiger partial charge in [-0.25, -0.2) is 0 Å². The fourth-order valence-electron chi connectivity index (χ4n) is 2.69. The van der Waals surface area contributed by atoms with Crippen LogP contribution in [0, 0.1) is 3.57 Å². The quantitative estimate of drug-likeness (QED) is 0.537. The molecule has 23 heavy (non-hydrogen) atoms. The topological polar surface area (TPSA) is 41.6 Å². The van der Waals surface area contributed by atoms with Gasteiger partial charge in [0.05, 0.1) is 13.2 Å². The lowest BCUT2D eigenvalue weighted by Crippen LogP contribution is -2.46. The van der Waals surface area contributed by atoms with E-state index in [9.17, 15) is 4.79 Å². The van der Waals surface area contributed by atoms with Crippen molar-refractivity contribution in [1.29, 1.82) is 0 Å². The van der Waals surface area contributed by atoms with Crippen molar-refractivity contribution in [3.05, 3.63) is 52.1 Å². The summed E-state index contributed by atoms with van der Waals surface area (Å²) in [4.78, 5) is 15.0. The van der Waals surface area contributed by atoms with Crippen LogP contribution in [0.25, 0.3) is 0 Å². The zero-order chi connectivity index (χ0) is 16.7. The maximum atomic E-state index is 12.9. The standard InChI is InChI=1S/C18H23IN2O2/c1-3-11-21(4-2)17(14-9-12-23-13-10-14)18(22)20-16-7-5-15(19)6-8-16/h3,5-9,17H,1,4,10-13H2,2H3,(H,20,22). The van der Waals surface area contributed by atoms with Crippen molar-refractivity contribution in [3.8, 4) is 0 Å². The molecule has 0 saturated carbocycles. The molecule has 4 nitrogen and oxygen atoms in total. The third-order valence-corrected chi connectivity index (χ3v) is 4.56. The summed E-state index contributed by atoms with van der Waals surface area (Å²) < 4.78 is 6.53. The Labute approximate surface area is 151 Å². The summed E-state index contributed by atoms with van der Waals surface area (Å²) >= 11 is 2.25. The number of amides is 1. The number of hydrogen-bond donors (Lipinski definition) is 1. The van der Waals surface area contributed by atoms with E-state index in [1.54, 1.807) is 0 Å². The molecule has 1 amide bonds. The molecule has 1 aromatic carbocycles. The average molecular weight is 426 g/mol. The molecule has 0 saturated heterocycles. The van der Waals surface area contributed by atoms with Gasteiger partial charge in [-0.1, -0.05) is 19.1 Å². The number of carbonyl (C=O) groups excluding carboxylic acids is 1. The van der Waals surface area contributed by atoms with Crippen LogP contribution in [0.2, 0.25) is 0 Å². The van der Waals surface area contributed by atoms with Crippen LogP contribution in [-0.4, -0.2) is 43.2 Å². The Hall–Kier alpha value is -1.18. The third-order valence-electron chi connectivity index (χ3n) is 3.84. The number of hydrogen-bond acceptors (Lipinski definition) is 3. The number of nitrogens with one attached hydrogen (secondary N) is 1. The number of carbonyl (C=O) groups is 1. The summed E-state index contributed by atoms with van der Waals surface area (Å²) in [6, 6.07) is 7.55. The molecule has 1 aliphatic heterocycles. The Balaban J connectivity index is 2.20. The maximum absolute atomic E-state index is 12.9. The van der Waals surface area contributed by atoms with E-state index >= 15 is 0 Å². The highest BCUT2D eigenvalue weighted by Crippen LogP contribution is 2.20. The van der Waals surface area contributed by atoms with Crippen LogP contribution >= 0.6 is 22.6 Å². The largest absolute Gasteiger partial charge is 0.377 e. The zero-order valence-electron chi connectivity index (χ0n) is 13.4. The minimum absolute atomic E-state index is 0.00283. The molecular formula is C18H23IN2O2. The molecule has 1 unspecified atom stereocenters. The number of likely N-dealkylation sites (N-methyl/N-ethyl adjacent to an activating group) is 1. The molecule has 0 aromatic heterocycles. The fourth-order valence-corrected chi connectivity index (χ4v) is 3.04. The molecule has 1 heterocycles. The lowest BCUT2D eigenvalue weighted by Gasteiger charge is -2.32. The van der Waals surface area contributed by atoms with Gasteiger partial charge in [0.1, 0.15) is 6.04 Å². The second kappa shape index (κ2) is 9.20. The van der Waals surface area contributed by atoms with E-state index in [2.05, 4.69) is 46.3 Å². The summed E-state index contributed by atoms with van der Waals surface area (Å²) in [5.74, 6) is 0.00283. The van der Waals surface area contributed by atoms with Crippen LogP contribution in [0.4, 0.5) is 5.69 Å². The van der Waals surface area contributed by atoms with Crippen molar-refractivity contribution in [1.82, 2.24) is 4.90 Å². The maximum Gasteiger partial charge on any atom is 0.246 e. The molecule has 0 fully saturated rings. The first-order chi connectivity index (χ1) is 11.2. The van der Waals surface area contributed by atoms with Crippen molar-refractivity contribution >= 4 is 34.2 Å². The molecule has 0 spiro atoms. The lowest BCUT2D eigenvalue weighted by atomic mass is 9.99. The predicted molar refractivity (Wildman–Crippen MR) is 103 cm³/mol. The Morgan fingerprint density at radius 3 is 2.78 bits per heavy atom. The van der Waals surface area contributed by atoms with Gasteiger partial charge in [0.2, 0.25) is 5.91 Å². The molecule has 0 aliphatic carbocycles. The molecule has 2 rings (SSSR count). The monoisotopic (exact) mass is 426 g/mol. The highest BCUT2D eigenvalue weighted by molar-refractivity contribution is 14.1. The van der Waals surface area contributed by atoms with E-state index in [-0.39, 0.29) is 11.9 Å². The molecule has 1 aliphatic rings. The molecule has 1 atom stereocenters. The predicted octanol–water partition coefficient (Wildman–Crippen LogP) is 3.45. The van der Waals surface area contributed by atoms with Crippen LogP contribution in [0.5, 0.6) is 0 Å². The normalized spacial score (nSPS) is 15.9. The van der Waals surface area contributed by atoms with Crippen LogP contribution in [0.15, 0.2) is 48.6 Å². The van der Waals surface area contributed by atoms with Crippen molar-refractivity contribution < 1.29 is 9.53 Å². The van der Waals surface area contributed by atoms with Gasteiger partial charge < -0.3 is 10.1 Å². The van der Waals surface area contributed by atoms with Gasteiger partial charge in [-0.2, -0.15) is 0 Å². The second-order valence-corrected chi connectivity index (χ2v) is 6.62. The summed E-state index contributed by atoms with van der Waals surface area (Å²) in [5.41, 5.74) is 1.95. The number of halogens is 1. The van der Waals surface area contributed by atoms with Crippen LogP contribution in [0.1, 0.15) is 13.3 Å². The Morgan fingerprint density at radius 2 is 2.22 bits per heavy atom. The molecule has 1 aromatic rings. The first-order valence-electron chi connectivity index (χ1n) is 7.83. The number of benzene rings is 1. The second-order valence-electron chi connectivity index (χ2n) is 5.38. The molecular weight excluding hydrogens is 403 g/mol. The average Bonchev–Trinajstić information content (AvgIpc) is 2.57.